The molecule has 0 fully saturated rings. The van der Waals surface area contributed by atoms with Crippen LogP contribution in [0, 0.1) is 6.92 Å². The average Bonchev–Trinajstić information content (AvgIpc) is 2.17. The van der Waals surface area contributed by atoms with E-state index in [0.29, 0.717) is 17.2 Å². The Labute approximate surface area is 94.3 Å². The van der Waals surface area contributed by atoms with Gasteiger partial charge in [-0.2, -0.15) is 0 Å². The van der Waals surface area contributed by atoms with Crippen LogP contribution in [0.3, 0.4) is 0 Å². The second-order valence-electron chi connectivity index (χ2n) is 2.97. The largest absolute Gasteiger partial charge is 0.508 e. The van der Waals surface area contributed by atoms with Crippen LogP contribution in [0.5, 0.6) is 5.75 Å². The fourth-order valence-corrected chi connectivity index (χ4v) is 1.58. The molecule has 1 aromatic heterocycles. The van der Waals surface area contributed by atoms with Crippen LogP contribution >= 0.6 is 15.9 Å². The second kappa shape index (κ2) is 3.90. The Morgan fingerprint density at radius 1 is 1.07 bits per heavy atom. The molecule has 1 aromatic carbocycles. The summed E-state index contributed by atoms with van der Waals surface area (Å²) in [5.74, 6) is 1.04. The average molecular weight is 267 g/mol. The van der Waals surface area contributed by atoms with Gasteiger partial charge in [-0.25, -0.2) is 0 Å². The van der Waals surface area contributed by atoms with E-state index in [1.165, 1.54) is 0 Å². The molecule has 0 atom stereocenters. The smallest absolute Gasteiger partial charge is 0.203 e. The number of phenols is 1. The van der Waals surface area contributed by atoms with E-state index < -0.39 is 0 Å². The molecule has 6 heteroatoms. The number of nitrogens with zero attached hydrogens (tertiary/aromatic N) is 4. The lowest BCUT2D eigenvalue weighted by molar-refractivity contribution is 0.475. The number of aromatic hydroxyl groups is 1. The van der Waals surface area contributed by atoms with Gasteiger partial charge in [0.25, 0.3) is 0 Å². The lowest BCUT2D eigenvalue weighted by Crippen LogP contribution is -1.98. The normalized spacial score (nSPS) is 10.3. The molecular weight excluding hydrogens is 260 g/mol. The van der Waals surface area contributed by atoms with Crippen LogP contribution in [-0.4, -0.2) is 25.5 Å². The first-order chi connectivity index (χ1) is 7.15. The Bertz CT molecular complexity index is 466. The van der Waals surface area contributed by atoms with Gasteiger partial charge >= 0.3 is 0 Å². The zero-order valence-electron chi connectivity index (χ0n) is 7.85. The molecule has 0 saturated carbocycles. The molecule has 1 heterocycles. The monoisotopic (exact) mass is 266 g/mol. The summed E-state index contributed by atoms with van der Waals surface area (Å²) in [6.07, 6.45) is 0. The molecule has 5 nitrogen and oxygen atoms in total. The lowest BCUT2D eigenvalue weighted by Gasteiger charge is -2.00. The molecule has 76 valence electrons. The van der Waals surface area contributed by atoms with Crippen molar-refractivity contribution >= 4 is 15.9 Å². The predicted molar refractivity (Wildman–Crippen MR) is 57.2 cm³/mol. The summed E-state index contributed by atoms with van der Waals surface area (Å²) in [6.45, 7) is 1.71. The number of halogens is 1. The summed E-state index contributed by atoms with van der Waals surface area (Å²) in [5, 5.41) is 24.7. The van der Waals surface area contributed by atoms with Crippen LogP contribution < -0.4 is 0 Å². The van der Waals surface area contributed by atoms with Crippen molar-refractivity contribution < 1.29 is 5.11 Å². The fourth-order valence-electron chi connectivity index (χ4n) is 1.10. The van der Waals surface area contributed by atoms with Gasteiger partial charge in [0.05, 0.1) is 0 Å². The Morgan fingerprint density at radius 2 is 1.73 bits per heavy atom. The lowest BCUT2D eigenvalue weighted by atomic mass is 10.2. The van der Waals surface area contributed by atoms with Crippen LogP contribution in [0.2, 0.25) is 0 Å². The molecule has 0 bridgehead atoms. The van der Waals surface area contributed by atoms with Gasteiger partial charge in [-0.1, -0.05) is 15.9 Å². The topological polar surface area (TPSA) is 71.8 Å². The number of hydrogen-bond donors (Lipinski definition) is 1. The van der Waals surface area contributed by atoms with Gasteiger partial charge < -0.3 is 5.11 Å². The minimum absolute atomic E-state index is 0.142. The van der Waals surface area contributed by atoms with Gasteiger partial charge in [-0.05, 0) is 25.1 Å². The first kappa shape index (κ1) is 9.97. The minimum atomic E-state index is 0.142. The number of aryl methyl sites for hydroxylation is 1. The third-order valence-electron chi connectivity index (χ3n) is 1.72. The minimum Gasteiger partial charge on any atom is -0.508 e. The third-order valence-corrected chi connectivity index (χ3v) is 2.18. The zero-order valence-corrected chi connectivity index (χ0v) is 9.43. The van der Waals surface area contributed by atoms with E-state index in [2.05, 4.69) is 36.3 Å². The quantitative estimate of drug-likeness (QED) is 0.851. The van der Waals surface area contributed by atoms with Crippen molar-refractivity contribution in [3.8, 4) is 17.1 Å². The first-order valence-corrected chi connectivity index (χ1v) is 4.98. The first-order valence-electron chi connectivity index (χ1n) is 4.19. The van der Waals surface area contributed by atoms with Crippen molar-refractivity contribution in [1.82, 2.24) is 20.4 Å². The third kappa shape index (κ3) is 2.27. The highest BCUT2D eigenvalue weighted by Gasteiger charge is 2.05. The summed E-state index contributed by atoms with van der Waals surface area (Å²) in [4.78, 5) is 0. The number of rotatable bonds is 1. The summed E-state index contributed by atoms with van der Waals surface area (Å²) in [7, 11) is 0. The van der Waals surface area contributed by atoms with Gasteiger partial charge in [0, 0.05) is 10.0 Å². The van der Waals surface area contributed by atoms with Crippen LogP contribution in [0.1, 0.15) is 5.82 Å². The number of phenolic OH excluding ortho intramolecular Hbond substituents is 1. The molecule has 0 spiro atoms. The van der Waals surface area contributed by atoms with Crippen molar-refractivity contribution in [2.45, 2.75) is 6.92 Å². The van der Waals surface area contributed by atoms with Crippen molar-refractivity contribution in [3.63, 3.8) is 0 Å². The summed E-state index contributed by atoms with van der Waals surface area (Å²) in [5.41, 5.74) is 0.668. The highest BCUT2D eigenvalue weighted by atomic mass is 79.9. The molecule has 0 aliphatic heterocycles. The Kier molecular flexibility index (Phi) is 2.59. The highest BCUT2D eigenvalue weighted by molar-refractivity contribution is 9.10. The molecule has 0 aliphatic rings. The Hall–Kier alpha value is -1.56. The standard InChI is InChI=1S/C9H7BrN4O/c1-5-11-13-9(14-12-5)6-2-7(10)4-8(15)3-6/h2-4,15H,1H3. The molecule has 0 unspecified atom stereocenters. The van der Waals surface area contributed by atoms with Crippen molar-refractivity contribution in [1.29, 1.82) is 0 Å². The molecule has 2 rings (SSSR count). The van der Waals surface area contributed by atoms with Gasteiger partial charge in [-0.3, -0.25) is 0 Å². The second-order valence-corrected chi connectivity index (χ2v) is 3.88. The SMILES string of the molecule is Cc1nnc(-c2cc(O)cc(Br)c2)nn1. The number of aromatic nitrogens is 4. The Morgan fingerprint density at radius 3 is 2.33 bits per heavy atom. The van der Waals surface area contributed by atoms with Crippen molar-refractivity contribution in [2.24, 2.45) is 0 Å². The zero-order chi connectivity index (χ0) is 10.8. The van der Waals surface area contributed by atoms with Crippen LogP contribution in [0.25, 0.3) is 11.4 Å². The number of benzene rings is 1. The van der Waals surface area contributed by atoms with E-state index in [1.807, 2.05) is 0 Å². The van der Waals surface area contributed by atoms with Crippen molar-refractivity contribution in [2.75, 3.05) is 0 Å². The van der Waals surface area contributed by atoms with Gasteiger partial charge in [0.1, 0.15) is 5.75 Å². The maximum Gasteiger partial charge on any atom is 0.203 e. The van der Waals surface area contributed by atoms with E-state index in [-0.39, 0.29) is 5.75 Å². The predicted octanol–water partition coefficient (Wildman–Crippen LogP) is 1.71. The molecule has 1 N–H and O–H groups in total. The van der Waals surface area contributed by atoms with E-state index in [1.54, 1.807) is 25.1 Å². The van der Waals surface area contributed by atoms with E-state index >= 15 is 0 Å². The summed E-state index contributed by atoms with van der Waals surface area (Å²) in [6, 6.07) is 4.92. The van der Waals surface area contributed by atoms with Gasteiger partial charge in [-0.15, -0.1) is 20.4 Å². The van der Waals surface area contributed by atoms with Gasteiger partial charge in [0.2, 0.25) is 5.82 Å². The van der Waals surface area contributed by atoms with E-state index in [4.69, 9.17) is 0 Å². The molecule has 0 amide bonds. The number of hydrogen-bond acceptors (Lipinski definition) is 5. The van der Waals surface area contributed by atoms with Crippen LogP contribution in [0.4, 0.5) is 0 Å². The van der Waals surface area contributed by atoms with Gasteiger partial charge in [0.15, 0.2) is 5.82 Å². The Balaban J connectivity index is 2.49. The van der Waals surface area contributed by atoms with Crippen LogP contribution in [-0.2, 0) is 0 Å². The molecule has 0 saturated heterocycles. The van der Waals surface area contributed by atoms with Crippen molar-refractivity contribution in [3.05, 3.63) is 28.5 Å². The molecule has 0 aliphatic carbocycles. The molecule has 2 aromatic rings. The highest BCUT2D eigenvalue weighted by Crippen LogP contribution is 2.25. The maximum absolute atomic E-state index is 9.38. The summed E-state index contributed by atoms with van der Waals surface area (Å²) < 4.78 is 0.752. The molecule has 15 heavy (non-hydrogen) atoms. The fraction of sp³-hybridized carbons (Fsp3) is 0.111. The van der Waals surface area contributed by atoms with E-state index in [0.717, 1.165) is 4.47 Å². The maximum atomic E-state index is 9.38. The van der Waals surface area contributed by atoms with E-state index in [9.17, 15) is 5.11 Å². The summed E-state index contributed by atoms with van der Waals surface area (Å²) >= 11 is 3.27. The molecule has 0 radical (unpaired) electrons. The van der Waals surface area contributed by atoms with Crippen LogP contribution in [0.15, 0.2) is 22.7 Å². The molecular formula is C9H7BrN4O.